The Morgan fingerprint density at radius 2 is 2.30 bits per heavy atom. The van der Waals surface area contributed by atoms with Crippen molar-refractivity contribution in [3.63, 3.8) is 0 Å². The van der Waals surface area contributed by atoms with Gasteiger partial charge in [-0.3, -0.25) is 4.79 Å². The Hall–Kier alpha value is -2.21. The van der Waals surface area contributed by atoms with E-state index < -0.39 is 6.10 Å². The largest absolute Gasteiger partial charge is 0.393 e. The zero-order valence-corrected chi connectivity index (χ0v) is 13.0. The van der Waals surface area contributed by atoms with Crippen molar-refractivity contribution in [2.45, 2.75) is 38.3 Å². The Morgan fingerprint density at radius 3 is 3.04 bits per heavy atom. The fourth-order valence-electron chi connectivity index (χ4n) is 3.09. The lowest BCUT2D eigenvalue weighted by molar-refractivity contribution is 0.0676. The molecule has 1 aromatic heterocycles. The molecule has 0 bridgehead atoms. The van der Waals surface area contributed by atoms with Gasteiger partial charge in [0.2, 0.25) is 0 Å². The molecule has 2 unspecified atom stereocenters. The maximum Gasteiger partial charge on any atom is 0.274 e. The normalized spacial score (nSPS) is 19.1. The molecule has 0 saturated carbocycles. The first kappa shape index (κ1) is 15.7. The van der Waals surface area contributed by atoms with Crippen LogP contribution in [0.5, 0.6) is 0 Å². The standard InChI is InChI=1S/C17H20FN3O2/c1-12(22)10-14-6-3-8-20(14)17(23)16-7-9-21(19-16)15-5-2-4-13(18)11-15/h2,4-5,7,9,11-12,14,22H,3,6,8,10H2,1H3. The fraction of sp³-hybridized carbons (Fsp3) is 0.412. The van der Waals surface area contributed by atoms with Gasteiger partial charge in [-0.25, -0.2) is 9.07 Å². The first-order valence-electron chi connectivity index (χ1n) is 7.85. The van der Waals surface area contributed by atoms with Crippen molar-refractivity contribution < 1.29 is 14.3 Å². The molecule has 1 fully saturated rings. The summed E-state index contributed by atoms with van der Waals surface area (Å²) in [6.45, 7) is 2.42. The number of aliphatic hydroxyl groups is 1. The quantitative estimate of drug-likeness (QED) is 0.942. The van der Waals surface area contributed by atoms with Crippen LogP contribution in [0.25, 0.3) is 5.69 Å². The SMILES string of the molecule is CC(O)CC1CCCN1C(=O)c1ccn(-c2cccc(F)c2)n1. The van der Waals surface area contributed by atoms with Crippen LogP contribution in [0.15, 0.2) is 36.5 Å². The average Bonchev–Trinajstić information content (AvgIpc) is 3.15. The molecular weight excluding hydrogens is 297 g/mol. The molecule has 1 aliphatic heterocycles. The third-order valence-corrected chi connectivity index (χ3v) is 4.13. The molecule has 2 aromatic rings. The minimum absolute atomic E-state index is 0.0572. The van der Waals surface area contributed by atoms with E-state index in [4.69, 9.17) is 0 Å². The van der Waals surface area contributed by atoms with Crippen LogP contribution < -0.4 is 0 Å². The maximum atomic E-state index is 13.3. The zero-order chi connectivity index (χ0) is 16.4. The number of carbonyl (C=O) groups excluding carboxylic acids is 1. The van der Waals surface area contributed by atoms with E-state index >= 15 is 0 Å². The molecule has 1 aliphatic rings. The number of likely N-dealkylation sites (tertiary alicyclic amines) is 1. The topological polar surface area (TPSA) is 58.4 Å². The van der Waals surface area contributed by atoms with Crippen LogP contribution in [0.2, 0.25) is 0 Å². The van der Waals surface area contributed by atoms with E-state index in [2.05, 4.69) is 5.10 Å². The second kappa shape index (κ2) is 6.50. The van der Waals surface area contributed by atoms with E-state index in [9.17, 15) is 14.3 Å². The first-order valence-corrected chi connectivity index (χ1v) is 7.85. The van der Waals surface area contributed by atoms with E-state index in [0.29, 0.717) is 24.3 Å². The Bertz CT molecular complexity index is 699. The smallest absolute Gasteiger partial charge is 0.274 e. The van der Waals surface area contributed by atoms with Crippen LogP contribution in [0.3, 0.4) is 0 Å². The Morgan fingerprint density at radius 1 is 1.48 bits per heavy atom. The molecule has 6 heteroatoms. The maximum absolute atomic E-state index is 13.3. The summed E-state index contributed by atoms with van der Waals surface area (Å²) in [7, 11) is 0. The second-order valence-electron chi connectivity index (χ2n) is 6.00. The molecule has 0 aliphatic carbocycles. The van der Waals surface area contributed by atoms with Gasteiger partial charge in [0, 0.05) is 18.8 Å². The van der Waals surface area contributed by atoms with Crippen molar-refractivity contribution in [3.05, 3.63) is 48.0 Å². The molecule has 122 valence electrons. The van der Waals surface area contributed by atoms with Crippen molar-refractivity contribution in [2.75, 3.05) is 6.54 Å². The van der Waals surface area contributed by atoms with E-state index in [1.807, 2.05) is 0 Å². The fourth-order valence-corrected chi connectivity index (χ4v) is 3.09. The van der Waals surface area contributed by atoms with Crippen LogP contribution >= 0.6 is 0 Å². The molecule has 0 spiro atoms. The summed E-state index contributed by atoms with van der Waals surface area (Å²) in [6, 6.07) is 7.77. The zero-order valence-electron chi connectivity index (χ0n) is 13.0. The molecule has 23 heavy (non-hydrogen) atoms. The van der Waals surface area contributed by atoms with Crippen molar-refractivity contribution in [2.24, 2.45) is 0 Å². The summed E-state index contributed by atoms with van der Waals surface area (Å²) in [6.07, 6.45) is 3.64. The van der Waals surface area contributed by atoms with Crippen LogP contribution in [0.1, 0.15) is 36.7 Å². The first-order chi connectivity index (χ1) is 11.0. The van der Waals surface area contributed by atoms with Crippen molar-refractivity contribution in [3.8, 4) is 5.69 Å². The monoisotopic (exact) mass is 317 g/mol. The number of nitrogens with zero attached hydrogens (tertiary/aromatic N) is 3. The third kappa shape index (κ3) is 3.42. The number of halogens is 1. The van der Waals surface area contributed by atoms with Gasteiger partial charge in [-0.05, 0) is 50.5 Å². The number of aromatic nitrogens is 2. The van der Waals surface area contributed by atoms with Gasteiger partial charge < -0.3 is 10.0 Å². The molecule has 2 atom stereocenters. The number of amides is 1. The van der Waals surface area contributed by atoms with Crippen molar-refractivity contribution in [1.29, 1.82) is 0 Å². The predicted molar refractivity (Wildman–Crippen MR) is 83.9 cm³/mol. The summed E-state index contributed by atoms with van der Waals surface area (Å²) in [5, 5.41) is 13.8. The summed E-state index contributed by atoms with van der Waals surface area (Å²) < 4.78 is 14.8. The van der Waals surface area contributed by atoms with Gasteiger partial charge in [-0.1, -0.05) is 6.07 Å². The Balaban J connectivity index is 1.78. The summed E-state index contributed by atoms with van der Waals surface area (Å²) >= 11 is 0. The Labute approximate surface area is 134 Å². The van der Waals surface area contributed by atoms with Crippen LogP contribution in [0.4, 0.5) is 4.39 Å². The van der Waals surface area contributed by atoms with E-state index in [-0.39, 0.29) is 17.8 Å². The van der Waals surface area contributed by atoms with Gasteiger partial charge in [-0.15, -0.1) is 0 Å². The second-order valence-corrected chi connectivity index (χ2v) is 6.00. The highest BCUT2D eigenvalue weighted by Gasteiger charge is 2.31. The van der Waals surface area contributed by atoms with Gasteiger partial charge in [0.15, 0.2) is 5.69 Å². The third-order valence-electron chi connectivity index (χ3n) is 4.13. The van der Waals surface area contributed by atoms with Crippen molar-refractivity contribution >= 4 is 5.91 Å². The molecule has 1 amide bonds. The highest BCUT2D eigenvalue weighted by molar-refractivity contribution is 5.92. The number of carbonyl (C=O) groups is 1. The molecule has 1 aromatic carbocycles. The minimum Gasteiger partial charge on any atom is -0.393 e. The highest BCUT2D eigenvalue weighted by atomic mass is 19.1. The van der Waals surface area contributed by atoms with Crippen LogP contribution in [-0.4, -0.2) is 44.4 Å². The average molecular weight is 317 g/mol. The molecule has 0 radical (unpaired) electrons. The lowest BCUT2D eigenvalue weighted by Gasteiger charge is -2.24. The number of hydrogen-bond donors (Lipinski definition) is 1. The van der Waals surface area contributed by atoms with Gasteiger partial charge >= 0.3 is 0 Å². The van der Waals surface area contributed by atoms with Crippen LogP contribution in [-0.2, 0) is 0 Å². The lowest BCUT2D eigenvalue weighted by Crippen LogP contribution is -2.37. The molecule has 3 rings (SSSR count). The summed E-state index contributed by atoms with van der Waals surface area (Å²) in [5.41, 5.74) is 0.915. The van der Waals surface area contributed by atoms with E-state index in [1.165, 1.54) is 16.8 Å². The van der Waals surface area contributed by atoms with E-state index in [0.717, 1.165) is 12.8 Å². The summed E-state index contributed by atoms with van der Waals surface area (Å²) in [5.74, 6) is -0.481. The Kier molecular flexibility index (Phi) is 4.43. The number of hydrogen-bond acceptors (Lipinski definition) is 3. The van der Waals surface area contributed by atoms with Crippen molar-refractivity contribution in [1.82, 2.24) is 14.7 Å². The number of rotatable bonds is 4. The van der Waals surface area contributed by atoms with Gasteiger partial charge in [0.1, 0.15) is 5.82 Å². The van der Waals surface area contributed by atoms with Gasteiger partial charge in [-0.2, -0.15) is 5.10 Å². The molecule has 1 saturated heterocycles. The summed E-state index contributed by atoms with van der Waals surface area (Å²) in [4.78, 5) is 14.4. The molecule has 5 nitrogen and oxygen atoms in total. The van der Waals surface area contributed by atoms with Crippen LogP contribution in [0, 0.1) is 5.82 Å². The predicted octanol–water partition coefficient (Wildman–Crippen LogP) is 2.39. The molecular formula is C17H20FN3O2. The van der Waals surface area contributed by atoms with E-state index in [1.54, 1.807) is 36.2 Å². The van der Waals surface area contributed by atoms with Gasteiger partial charge in [0.05, 0.1) is 11.8 Å². The minimum atomic E-state index is -0.432. The van der Waals surface area contributed by atoms with Gasteiger partial charge in [0.25, 0.3) is 5.91 Å². The number of aliphatic hydroxyl groups excluding tert-OH is 1. The molecule has 1 N–H and O–H groups in total. The number of benzene rings is 1. The molecule has 2 heterocycles. The highest BCUT2D eigenvalue weighted by Crippen LogP contribution is 2.23. The lowest BCUT2D eigenvalue weighted by atomic mass is 10.1.